The Kier molecular flexibility index (Phi) is 14.7. The normalized spacial score (nSPS) is 18.2. The van der Waals surface area contributed by atoms with E-state index in [1.807, 2.05) is 28.2 Å². The van der Waals surface area contributed by atoms with Gasteiger partial charge in [-0.15, -0.1) is 0 Å². The van der Waals surface area contributed by atoms with Crippen molar-refractivity contribution in [1.82, 2.24) is 18.4 Å². The molecule has 14 heteroatoms. The fourth-order valence-electron chi connectivity index (χ4n) is 6.99. The summed E-state index contributed by atoms with van der Waals surface area (Å²) in [4.78, 5) is 16.2. The molecule has 2 saturated heterocycles. The Morgan fingerprint density at radius 2 is 0.885 bits per heavy atom. The summed E-state index contributed by atoms with van der Waals surface area (Å²) in [6.45, 7) is 4.25. The van der Waals surface area contributed by atoms with E-state index in [9.17, 15) is 16.8 Å². The molecule has 2 fully saturated rings. The van der Waals surface area contributed by atoms with Gasteiger partial charge in [-0.2, -0.15) is 8.61 Å². The van der Waals surface area contributed by atoms with Gasteiger partial charge in [0.2, 0.25) is 20.0 Å². The molecule has 0 aromatic heterocycles. The van der Waals surface area contributed by atoms with Gasteiger partial charge in [0, 0.05) is 61.5 Å². The van der Waals surface area contributed by atoms with E-state index in [2.05, 4.69) is 20.1 Å². The van der Waals surface area contributed by atoms with E-state index in [4.69, 9.17) is 9.68 Å². The molecule has 52 heavy (non-hydrogen) atoms. The Balaban J connectivity index is 1.62. The molecule has 2 aliphatic heterocycles. The average molecular weight is 759 g/mol. The standard InChI is InChI=1S/C38H58N6O6S2/c1-41(2)21-15-27-49-39-37-33-19-17-31(51(45,46)43-23-11-7-5-8-12-24-43)29-35(33)38(40-50-28-16-22-42(3)4)36-30-32(18-20-34(36)37)52(47,48)44-25-13-9-6-10-14-26-44/h17-20,29-30H,5-16,21-28H2,1-4H3. The molecule has 5 rings (SSSR count). The first kappa shape index (κ1) is 40.3. The highest BCUT2D eigenvalue weighted by molar-refractivity contribution is 7.89. The number of sulfonamides is 2. The quantitative estimate of drug-likeness (QED) is 0.159. The molecule has 288 valence electrons. The monoisotopic (exact) mass is 758 g/mol. The third-order valence-corrected chi connectivity index (χ3v) is 13.7. The lowest BCUT2D eigenvalue weighted by Gasteiger charge is -2.27. The van der Waals surface area contributed by atoms with E-state index in [0.29, 0.717) is 73.1 Å². The Labute approximate surface area is 311 Å². The highest BCUT2D eigenvalue weighted by atomic mass is 32.2. The second-order valence-electron chi connectivity index (χ2n) is 14.6. The Bertz CT molecular complexity index is 1650. The van der Waals surface area contributed by atoms with Crippen LogP contribution in [0.25, 0.3) is 0 Å². The van der Waals surface area contributed by atoms with Gasteiger partial charge in [0.25, 0.3) is 0 Å². The van der Waals surface area contributed by atoms with Gasteiger partial charge in [-0.1, -0.05) is 61.0 Å². The number of rotatable bonds is 14. The van der Waals surface area contributed by atoms with Crippen LogP contribution < -0.4 is 0 Å². The van der Waals surface area contributed by atoms with Crippen molar-refractivity contribution in [1.29, 1.82) is 0 Å². The van der Waals surface area contributed by atoms with Crippen molar-refractivity contribution in [2.45, 2.75) is 86.8 Å². The van der Waals surface area contributed by atoms with Crippen molar-refractivity contribution in [3.8, 4) is 0 Å². The van der Waals surface area contributed by atoms with Crippen LogP contribution in [-0.4, -0.2) is 127 Å². The number of benzene rings is 2. The van der Waals surface area contributed by atoms with Gasteiger partial charge >= 0.3 is 0 Å². The highest BCUT2D eigenvalue weighted by Crippen LogP contribution is 2.34. The molecule has 0 N–H and O–H groups in total. The van der Waals surface area contributed by atoms with Gasteiger partial charge in [-0.3, -0.25) is 0 Å². The van der Waals surface area contributed by atoms with E-state index in [1.54, 1.807) is 45.0 Å². The summed E-state index contributed by atoms with van der Waals surface area (Å²) in [5.74, 6) is 0. The summed E-state index contributed by atoms with van der Waals surface area (Å²) in [6.07, 6.45) is 11.0. The first-order chi connectivity index (χ1) is 25.0. The molecule has 12 nitrogen and oxygen atoms in total. The average Bonchev–Trinajstić information content (AvgIpc) is 3.07. The van der Waals surface area contributed by atoms with Gasteiger partial charge < -0.3 is 19.5 Å². The summed E-state index contributed by atoms with van der Waals surface area (Å²) in [5, 5.41) is 9.24. The van der Waals surface area contributed by atoms with Crippen LogP contribution in [0.2, 0.25) is 0 Å². The van der Waals surface area contributed by atoms with Crippen LogP contribution in [0.5, 0.6) is 0 Å². The lowest BCUT2D eigenvalue weighted by molar-refractivity contribution is 0.134. The number of hydrogen-bond donors (Lipinski definition) is 0. The van der Waals surface area contributed by atoms with Crippen molar-refractivity contribution in [3.63, 3.8) is 0 Å². The van der Waals surface area contributed by atoms with Crippen LogP contribution in [-0.2, 0) is 29.7 Å². The van der Waals surface area contributed by atoms with Crippen molar-refractivity contribution in [2.24, 2.45) is 10.3 Å². The Morgan fingerprint density at radius 3 is 1.25 bits per heavy atom. The maximum absolute atomic E-state index is 14.2. The minimum atomic E-state index is -3.82. The van der Waals surface area contributed by atoms with E-state index in [0.717, 1.165) is 90.1 Å². The third kappa shape index (κ3) is 10.2. The maximum Gasteiger partial charge on any atom is 0.243 e. The van der Waals surface area contributed by atoms with E-state index in [-0.39, 0.29) is 9.79 Å². The predicted octanol–water partition coefficient (Wildman–Crippen LogP) is 5.35. The second kappa shape index (κ2) is 18.9. The van der Waals surface area contributed by atoms with E-state index in [1.165, 1.54) is 0 Å². The molecule has 0 radical (unpaired) electrons. The second-order valence-corrected chi connectivity index (χ2v) is 18.5. The fourth-order valence-corrected chi connectivity index (χ4v) is 10.1. The van der Waals surface area contributed by atoms with Gasteiger partial charge in [0.15, 0.2) is 0 Å². The molecular weight excluding hydrogens is 701 g/mol. The SMILES string of the molecule is CN(C)CCCON=C1c2ccc(S(=O)(=O)N3CCCCCCC3)cc2C(=NOCCCN(C)C)c2cc(S(=O)(=O)N3CCCCCCC3)ccc21. The molecule has 2 aromatic rings. The maximum atomic E-state index is 14.2. The third-order valence-electron chi connectivity index (χ3n) is 9.90. The molecule has 0 bridgehead atoms. The molecule has 1 aliphatic carbocycles. The molecule has 3 aliphatic rings. The predicted molar refractivity (Wildman–Crippen MR) is 206 cm³/mol. The van der Waals surface area contributed by atoms with E-state index >= 15 is 0 Å². The molecule has 0 amide bonds. The van der Waals surface area contributed by atoms with E-state index < -0.39 is 20.0 Å². The van der Waals surface area contributed by atoms with Crippen LogP contribution in [0.1, 0.15) is 99.3 Å². The Hall–Kier alpha value is -2.88. The number of hydrogen-bond acceptors (Lipinski definition) is 10. The van der Waals surface area contributed by atoms with Crippen LogP contribution in [0.3, 0.4) is 0 Å². The first-order valence-electron chi connectivity index (χ1n) is 19.0. The summed E-state index contributed by atoms with van der Waals surface area (Å²) in [7, 11) is 0.337. The lowest BCUT2D eigenvalue weighted by atomic mass is 9.83. The molecule has 0 atom stereocenters. The number of nitrogens with zero attached hydrogens (tertiary/aromatic N) is 6. The van der Waals surface area contributed by atoms with Crippen LogP contribution in [0.15, 0.2) is 56.5 Å². The molecule has 2 aromatic carbocycles. The topological polar surface area (TPSA) is 124 Å². The minimum Gasteiger partial charge on any atom is -0.395 e. The number of fused-ring (bicyclic) bond motifs is 2. The Morgan fingerprint density at radius 1 is 0.538 bits per heavy atom. The molecule has 0 saturated carbocycles. The molecule has 0 unspecified atom stereocenters. The summed E-state index contributed by atoms with van der Waals surface area (Å²) in [6, 6.07) is 10.1. The van der Waals surface area contributed by atoms with Crippen LogP contribution in [0.4, 0.5) is 0 Å². The van der Waals surface area contributed by atoms with Crippen LogP contribution in [0, 0.1) is 0 Å². The summed E-state index contributed by atoms with van der Waals surface area (Å²) >= 11 is 0. The first-order valence-corrected chi connectivity index (χ1v) is 21.9. The zero-order valence-electron chi connectivity index (χ0n) is 31.6. The van der Waals surface area contributed by atoms with Gasteiger partial charge in [0.1, 0.15) is 24.6 Å². The molecule has 2 heterocycles. The number of oxime groups is 2. The summed E-state index contributed by atoms with van der Waals surface area (Å²) in [5.41, 5.74) is 3.15. The minimum absolute atomic E-state index is 0.159. The fraction of sp³-hybridized carbons (Fsp3) is 0.632. The van der Waals surface area contributed by atoms with Crippen LogP contribution >= 0.6 is 0 Å². The zero-order valence-corrected chi connectivity index (χ0v) is 33.2. The van der Waals surface area contributed by atoms with Gasteiger partial charge in [-0.05, 0) is 91.0 Å². The largest absolute Gasteiger partial charge is 0.395 e. The smallest absolute Gasteiger partial charge is 0.243 e. The van der Waals surface area contributed by atoms with Crippen molar-refractivity contribution in [3.05, 3.63) is 58.7 Å². The van der Waals surface area contributed by atoms with Crippen molar-refractivity contribution < 1.29 is 26.5 Å². The summed E-state index contributed by atoms with van der Waals surface area (Å²) < 4.78 is 59.8. The lowest BCUT2D eigenvalue weighted by Crippen LogP contribution is -2.34. The van der Waals surface area contributed by atoms with Crippen molar-refractivity contribution >= 4 is 31.5 Å². The highest BCUT2D eigenvalue weighted by Gasteiger charge is 2.34. The van der Waals surface area contributed by atoms with Gasteiger partial charge in [0.05, 0.1) is 9.79 Å². The van der Waals surface area contributed by atoms with Crippen molar-refractivity contribution in [2.75, 3.05) is 80.7 Å². The van der Waals surface area contributed by atoms with Gasteiger partial charge in [-0.25, -0.2) is 16.8 Å². The molecule has 0 spiro atoms. The zero-order chi connectivity index (χ0) is 37.1. The molecular formula is C38H58N6O6S2.